The summed E-state index contributed by atoms with van der Waals surface area (Å²) < 4.78 is 2.26. The van der Waals surface area contributed by atoms with Gasteiger partial charge in [-0.05, 0) is 50.6 Å². The number of rotatable bonds is 2. The van der Waals surface area contributed by atoms with Gasteiger partial charge >= 0.3 is 0 Å². The molecule has 0 amide bonds. The lowest BCUT2D eigenvalue weighted by Crippen LogP contribution is -2.37. The Morgan fingerprint density at radius 1 is 1.07 bits per heavy atom. The maximum absolute atomic E-state index is 9.00. The Morgan fingerprint density at radius 2 is 1.76 bits per heavy atom. The largest absolute Gasteiger partial charge is 0.481 e. The minimum atomic E-state index is -0.833. The minimum absolute atomic E-state index is 0.617. The van der Waals surface area contributed by atoms with Crippen LogP contribution in [0, 0.1) is 0 Å². The fourth-order valence-corrected chi connectivity index (χ4v) is 4.10. The van der Waals surface area contributed by atoms with Crippen LogP contribution in [0.3, 0.4) is 0 Å². The molecule has 5 rings (SSSR count). The highest BCUT2D eigenvalue weighted by atomic mass is 16.4. The van der Waals surface area contributed by atoms with E-state index in [1.807, 2.05) is 0 Å². The van der Waals surface area contributed by atoms with Crippen molar-refractivity contribution >= 4 is 33.6 Å². The van der Waals surface area contributed by atoms with E-state index in [-0.39, 0.29) is 0 Å². The van der Waals surface area contributed by atoms with Crippen LogP contribution in [0.4, 0.5) is 0 Å². The van der Waals surface area contributed by atoms with Gasteiger partial charge in [-0.25, -0.2) is 9.97 Å². The first-order valence-corrected chi connectivity index (χ1v) is 10.1. The van der Waals surface area contributed by atoms with Gasteiger partial charge in [0.2, 0.25) is 0 Å². The standard InChI is InChI=1S/C21H22N4.C2H4O2/c1-15-8-6-7-13-24(15)14-20-22-17-10-3-2-9-16(17)21-23-18-11-4-5-12-19(18)25(20)21;1-2(3)4/h2-5,9-12,15H,6-8,13-14H2,1H3;1H3,(H,3,4). The Balaban J connectivity index is 0.000000472. The third-order valence-corrected chi connectivity index (χ3v) is 5.50. The maximum atomic E-state index is 9.00. The van der Waals surface area contributed by atoms with Crippen molar-refractivity contribution in [1.29, 1.82) is 0 Å². The molecular formula is C23H26N4O2. The number of aliphatic carboxylic acids is 1. The van der Waals surface area contributed by atoms with Crippen molar-refractivity contribution in [3.8, 4) is 0 Å². The molecule has 0 saturated carbocycles. The van der Waals surface area contributed by atoms with E-state index in [1.165, 1.54) is 19.3 Å². The number of carbonyl (C=O) groups is 1. The smallest absolute Gasteiger partial charge is 0.300 e. The van der Waals surface area contributed by atoms with Gasteiger partial charge < -0.3 is 5.11 Å². The van der Waals surface area contributed by atoms with Gasteiger partial charge in [0, 0.05) is 18.4 Å². The maximum Gasteiger partial charge on any atom is 0.300 e. The fourth-order valence-electron chi connectivity index (χ4n) is 4.10. The third kappa shape index (κ3) is 3.93. The lowest BCUT2D eigenvalue weighted by molar-refractivity contribution is -0.134. The van der Waals surface area contributed by atoms with Gasteiger partial charge in [0.1, 0.15) is 11.5 Å². The molecule has 0 bridgehead atoms. The number of carboxylic acid groups (broad SMARTS) is 1. The first kappa shape index (κ1) is 19.3. The van der Waals surface area contributed by atoms with Crippen molar-refractivity contribution < 1.29 is 9.90 Å². The van der Waals surface area contributed by atoms with E-state index >= 15 is 0 Å². The molecule has 0 radical (unpaired) electrons. The van der Waals surface area contributed by atoms with Crippen LogP contribution in [0.1, 0.15) is 38.9 Å². The van der Waals surface area contributed by atoms with Gasteiger partial charge in [-0.15, -0.1) is 0 Å². The number of para-hydroxylation sites is 3. The van der Waals surface area contributed by atoms with Crippen molar-refractivity contribution in [3.63, 3.8) is 0 Å². The minimum Gasteiger partial charge on any atom is -0.481 e. The summed E-state index contributed by atoms with van der Waals surface area (Å²) in [4.78, 5) is 21.5. The van der Waals surface area contributed by atoms with Gasteiger partial charge in [-0.3, -0.25) is 14.1 Å². The van der Waals surface area contributed by atoms with Crippen LogP contribution >= 0.6 is 0 Å². The number of benzene rings is 2. The highest BCUT2D eigenvalue weighted by Gasteiger charge is 2.21. The molecule has 1 aliphatic rings. The zero-order chi connectivity index (χ0) is 20.4. The number of likely N-dealkylation sites (tertiary alicyclic amines) is 1. The molecule has 1 fully saturated rings. The molecule has 0 aliphatic carbocycles. The number of hydrogen-bond acceptors (Lipinski definition) is 4. The second kappa shape index (κ2) is 8.17. The van der Waals surface area contributed by atoms with E-state index in [0.29, 0.717) is 6.04 Å². The quantitative estimate of drug-likeness (QED) is 0.546. The van der Waals surface area contributed by atoms with Crippen molar-refractivity contribution in [2.24, 2.45) is 0 Å². The van der Waals surface area contributed by atoms with Crippen LogP contribution in [0.15, 0.2) is 48.5 Å². The second-order valence-corrected chi connectivity index (χ2v) is 7.64. The molecule has 1 atom stereocenters. The van der Waals surface area contributed by atoms with E-state index in [2.05, 4.69) is 64.8 Å². The molecule has 0 spiro atoms. The summed E-state index contributed by atoms with van der Waals surface area (Å²) in [6.45, 7) is 5.45. The molecule has 1 saturated heterocycles. The van der Waals surface area contributed by atoms with Gasteiger partial charge in [0.15, 0.2) is 0 Å². The average molecular weight is 390 g/mol. The Morgan fingerprint density at radius 3 is 2.52 bits per heavy atom. The summed E-state index contributed by atoms with van der Waals surface area (Å²) in [6.07, 6.45) is 3.90. The number of aromatic nitrogens is 3. The third-order valence-electron chi connectivity index (χ3n) is 5.50. The number of piperidine rings is 1. The fraction of sp³-hybridized carbons (Fsp3) is 0.348. The monoisotopic (exact) mass is 390 g/mol. The topological polar surface area (TPSA) is 70.7 Å². The van der Waals surface area contributed by atoms with E-state index < -0.39 is 5.97 Å². The summed E-state index contributed by atoms with van der Waals surface area (Å²) >= 11 is 0. The lowest BCUT2D eigenvalue weighted by atomic mass is 10.0. The zero-order valence-corrected chi connectivity index (χ0v) is 16.9. The predicted octanol–water partition coefficient (Wildman–Crippen LogP) is 4.50. The van der Waals surface area contributed by atoms with E-state index in [4.69, 9.17) is 19.9 Å². The van der Waals surface area contributed by atoms with Gasteiger partial charge in [-0.1, -0.05) is 30.7 Å². The summed E-state index contributed by atoms with van der Waals surface area (Å²) in [7, 11) is 0. The first-order chi connectivity index (χ1) is 14.0. The molecule has 150 valence electrons. The molecule has 3 heterocycles. The molecular weight excluding hydrogens is 364 g/mol. The van der Waals surface area contributed by atoms with Crippen LogP contribution in [0.5, 0.6) is 0 Å². The average Bonchev–Trinajstić information content (AvgIpc) is 3.10. The van der Waals surface area contributed by atoms with Crippen molar-refractivity contribution in [2.45, 2.75) is 45.7 Å². The van der Waals surface area contributed by atoms with E-state index in [9.17, 15) is 0 Å². The van der Waals surface area contributed by atoms with Gasteiger partial charge in [-0.2, -0.15) is 0 Å². The molecule has 2 aromatic carbocycles. The Kier molecular flexibility index (Phi) is 5.45. The van der Waals surface area contributed by atoms with E-state index in [1.54, 1.807) is 0 Å². The normalized spacial score (nSPS) is 17.4. The van der Waals surface area contributed by atoms with Crippen LogP contribution < -0.4 is 0 Å². The SMILES string of the molecule is CC(=O)O.CC1CCCCN1Cc1nc2ccccc2c2nc3ccccc3n12. The summed E-state index contributed by atoms with van der Waals surface area (Å²) in [5, 5.41) is 8.54. The van der Waals surface area contributed by atoms with Gasteiger partial charge in [0.05, 0.1) is 23.1 Å². The highest BCUT2D eigenvalue weighted by Crippen LogP contribution is 2.26. The summed E-state index contributed by atoms with van der Waals surface area (Å²) in [5.74, 6) is 0.260. The van der Waals surface area contributed by atoms with Crippen molar-refractivity contribution in [1.82, 2.24) is 19.3 Å². The second-order valence-electron chi connectivity index (χ2n) is 7.64. The number of carboxylic acids is 1. The van der Waals surface area contributed by atoms with Crippen LogP contribution in [0.25, 0.3) is 27.6 Å². The Hall–Kier alpha value is -2.99. The van der Waals surface area contributed by atoms with Gasteiger partial charge in [0.25, 0.3) is 5.97 Å². The van der Waals surface area contributed by atoms with E-state index in [0.717, 1.165) is 53.4 Å². The Labute approximate surface area is 169 Å². The number of imidazole rings is 1. The zero-order valence-electron chi connectivity index (χ0n) is 16.9. The molecule has 6 nitrogen and oxygen atoms in total. The molecule has 1 unspecified atom stereocenters. The van der Waals surface area contributed by atoms with Crippen molar-refractivity contribution in [2.75, 3.05) is 6.54 Å². The summed E-state index contributed by atoms with van der Waals surface area (Å²) in [5.41, 5.74) is 4.24. The lowest BCUT2D eigenvalue weighted by Gasteiger charge is -2.33. The number of nitrogens with zero attached hydrogens (tertiary/aromatic N) is 4. The van der Waals surface area contributed by atoms with Crippen LogP contribution in [-0.4, -0.2) is 42.9 Å². The molecule has 1 aliphatic heterocycles. The Bertz CT molecular complexity index is 1160. The molecule has 2 aromatic heterocycles. The van der Waals surface area contributed by atoms with Crippen LogP contribution in [-0.2, 0) is 11.3 Å². The first-order valence-electron chi connectivity index (χ1n) is 10.1. The summed E-state index contributed by atoms with van der Waals surface area (Å²) in [6, 6.07) is 17.3. The molecule has 6 heteroatoms. The number of hydrogen-bond donors (Lipinski definition) is 1. The van der Waals surface area contributed by atoms with Crippen molar-refractivity contribution in [3.05, 3.63) is 54.4 Å². The number of fused-ring (bicyclic) bond motifs is 5. The predicted molar refractivity (Wildman–Crippen MR) is 115 cm³/mol. The molecule has 1 N–H and O–H groups in total. The van der Waals surface area contributed by atoms with Crippen LogP contribution in [0.2, 0.25) is 0 Å². The molecule has 4 aromatic rings. The highest BCUT2D eigenvalue weighted by molar-refractivity contribution is 5.96. The molecule has 29 heavy (non-hydrogen) atoms.